The number of nitrogens with one attached hydrogen (secondary N) is 2. The molecule has 1 aliphatic rings. The van der Waals surface area contributed by atoms with Crippen LogP contribution >= 0.6 is 0 Å². The molecule has 5 heteroatoms. The largest absolute Gasteiger partial charge is 0.330 e. The Kier molecular flexibility index (Phi) is 1.39. The van der Waals surface area contributed by atoms with E-state index in [1.807, 2.05) is 0 Å². The normalized spacial score (nSPS) is 14.0. The monoisotopic (exact) mass is 201 g/mol. The molecule has 0 radical (unpaired) electrons. The summed E-state index contributed by atoms with van der Waals surface area (Å²) in [5, 5.41) is 2.69. The maximum absolute atomic E-state index is 11.4. The Balaban J connectivity index is 2.51. The lowest BCUT2D eigenvalue weighted by Gasteiger charge is -2.00. The molecule has 1 aliphatic heterocycles. The number of aromatic amines is 1. The van der Waals surface area contributed by atoms with Crippen LogP contribution in [0.25, 0.3) is 11.6 Å². The molecular formula is C10H7N3O2. The molecule has 0 unspecified atom stereocenters. The van der Waals surface area contributed by atoms with E-state index in [9.17, 15) is 9.59 Å². The molecule has 0 spiro atoms. The lowest BCUT2D eigenvalue weighted by Crippen LogP contribution is -2.15. The van der Waals surface area contributed by atoms with Crippen LogP contribution in [0.5, 0.6) is 0 Å². The summed E-state index contributed by atoms with van der Waals surface area (Å²) in [7, 11) is 0. The van der Waals surface area contributed by atoms with Gasteiger partial charge in [-0.2, -0.15) is 0 Å². The maximum atomic E-state index is 11.4. The van der Waals surface area contributed by atoms with Gasteiger partial charge in [0.2, 0.25) is 5.91 Å². The Morgan fingerprint density at radius 1 is 1.20 bits per heavy atom. The predicted molar refractivity (Wildman–Crippen MR) is 55.7 cm³/mol. The van der Waals surface area contributed by atoms with Gasteiger partial charge >= 0.3 is 5.69 Å². The van der Waals surface area contributed by atoms with Crippen molar-refractivity contribution in [1.82, 2.24) is 9.38 Å². The highest BCUT2D eigenvalue weighted by Gasteiger charge is 2.12. The van der Waals surface area contributed by atoms with E-state index in [0.717, 1.165) is 11.1 Å². The molecule has 3 rings (SSSR count). The smallest absolute Gasteiger partial charge is 0.321 e. The van der Waals surface area contributed by atoms with Crippen LogP contribution < -0.4 is 11.0 Å². The predicted octanol–water partition coefficient (Wildman–Crippen LogP) is 0.593. The van der Waals surface area contributed by atoms with Crippen molar-refractivity contribution >= 4 is 23.2 Å². The average Bonchev–Trinajstić information content (AvgIpc) is 2.55. The van der Waals surface area contributed by atoms with E-state index in [-0.39, 0.29) is 11.6 Å². The molecule has 0 fully saturated rings. The van der Waals surface area contributed by atoms with Gasteiger partial charge in [0.05, 0.1) is 11.2 Å². The Labute approximate surface area is 84.0 Å². The van der Waals surface area contributed by atoms with Crippen molar-refractivity contribution in [3.63, 3.8) is 0 Å². The van der Waals surface area contributed by atoms with E-state index in [4.69, 9.17) is 0 Å². The van der Waals surface area contributed by atoms with E-state index in [0.29, 0.717) is 5.69 Å². The molecule has 2 aromatic heterocycles. The number of carbonyl (C=O) groups excluding carboxylic acids is 1. The van der Waals surface area contributed by atoms with Gasteiger partial charge < -0.3 is 10.3 Å². The van der Waals surface area contributed by atoms with E-state index in [2.05, 4.69) is 10.3 Å². The van der Waals surface area contributed by atoms with E-state index < -0.39 is 0 Å². The molecule has 0 saturated heterocycles. The number of nitrogens with zero attached hydrogens (tertiary/aromatic N) is 1. The summed E-state index contributed by atoms with van der Waals surface area (Å²) in [6, 6.07) is 1.71. The third-order valence-corrected chi connectivity index (χ3v) is 2.40. The van der Waals surface area contributed by atoms with Gasteiger partial charge in [-0.15, -0.1) is 0 Å². The number of hydrogen-bond acceptors (Lipinski definition) is 2. The summed E-state index contributed by atoms with van der Waals surface area (Å²) in [4.78, 5) is 25.3. The molecule has 0 aromatic carbocycles. The summed E-state index contributed by atoms with van der Waals surface area (Å²) >= 11 is 0. The minimum Gasteiger partial charge on any atom is -0.321 e. The minimum atomic E-state index is -0.218. The number of anilines is 1. The molecule has 0 bridgehead atoms. The molecule has 2 aromatic rings. The second-order valence-corrected chi connectivity index (χ2v) is 3.32. The second-order valence-electron chi connectivity index (χ2n) is 3.32. The van der Waals surface area contributed by atoms with Crippen LogP contribution in [0.1, 0.15) is 5.56 Å². The van der Waals surface area contributed by atoms with Gasteiger partial charge in [-0.05, 0) is 12.1 Å². The van der Waals surface area contributed by atoms with Crippen LogP contribution in [0, 0.1) is 0 Å². The van der Waals surface area contributed by atoms with E-state index in [1.54, 1.807) is 24.5 Å². The summed E-state index contributed by atoms with van der Waals surface area (Å²) in [5.74, 6) is -0.188. The van der Waals surface area contributed by atoms with Gasteiger partial charge in [0, 0.05) is 24.0 Å². The number of amides is 1. The Hall–Kier alpha value is -2.30. The number of rotatable bonds is 0. The van der Waals surface area contributed by atoms with Gasteiger partial charge in [-0.1, -0.05) is 0 Å². The van der Waals surface area contributed by atoms with Gasteiger partial charge in [0.1, 0.15) is 0 Å². The zero-order valence-electron chi connectivity index (χ0n) is 7.65. The van der Waals surface area contributed by atoms with Crippen molar-refractivity contribution in [3.05, 3.63) is 40.6 Å². The SMILES string of the molecule is O=C1C=Cc2c[nH]c(=O)n3ccc(c23)N1. The first kappa shape index (κ1) is 8.05. The number of H-pyrrole nitrogens is 1. The van der Waals surface area contributed by atoms with Crippen LogP contribution in [0.4, 0.5) is 5.69 Å². The van der Waals surface area contributed by atoms with Crippen molar-refractivity contribution in [3.8, 4) is 0 Å². The topological polar surface area (TPSA) is 66.4 Å². The van der Waals surface area contributed by atoms with Crippen LogP contribution in [0.2, 0.25) is 0 Å². The lowest BCUT2D eigenvalue weighted by atomic mass is 10.2. The summed E-state index contributed by atoms with van der Waals surface area (Å²) in [5.41, 5.74) is 1.98. The summed E-state index contributed by atoms with van der Waals surface area (Å²) < 4.78 is 1.47. The Morgan fingerprint density at radius 3 is 2.93 bits per heavy atom. The molecule has 0 aliphatic carbocycles. The third kappa shape index (κ3) is 1.03. The van der Waals surface area contributed by atoms with Crippen molar-refractivity contribution in [2.45, 2.75) is 0 Å². The van der Waals surface area contributed by atoms with Crippen molar-refractivity contribution in [2.24, 2.45) is 0 Å². The lowest BCUT2D eigenvalue weighted by molar-refractivity contribution is -0.111. The number of carbonyl (C=O) groups is 1. The molecule has 0 atom stereocenters. The standard InChI is InChI=1S/C10H7N3O2/c14-8-2-1-6-5-11-10(15)13-4-3-7(12-8)9(6)13/h1-5H,(H,11,15)(H,12,14). The quantitative estimate of drug-likeness (QED) is 0.655. The van der Waals surface area contributed by atoms with Gasteiger partial charge in [0.15, 0.2) is 0 Å². The first-order chi connectivity index (χ1) is 7.25. The van der Waals surface area contributed by atoms with E-state index >= 15 is 0 Å². The fourth-order valence-electron chi connectivity index (χ4n) is 1.74. The highest BCUT2D eigenvalue weighted by atomic mass is 16.2. The Bertz CT molecular complexity index is 648. The average molecular weight is 201 g/mol. The summed E-state index contributed by atoms with van der Waals surface area (Å²) in [6.07, 6.45) is 6.34. The molecule has 1 amide bonds. The number of hydrogen-bond donors (Lipinski definition) is 2. The molecule has 2 N–H and O–H groups in total. The zero-order chi connectivity index (χ0) is 10.4. The highest BCUT2D eigenvalue weighted by molar-refractivity contribution is 6.08. The second kappa shape index (κ2) is 2.60. The maximum Gasteiger partial charge on any atom is 0.330 e. The van der Waals surface area contributed by atoms with Crippen molar-refractivity contribution in [2.75, 3.05) is 5.32 Å². The van der Waals surface area contributed by atoms with Gasteiger partial charge in [0.25, 0.3) is 0 Å². The first-order valence-electron chi connectivity index (χ1n) is 4.47. The van der Waals surface area contributed by atoms with Crippen LogP contribution in [0.15, 0.2) is 29.3 Å². The van der Waals surface area contributed by atoms with Crippen LogP contribution in [-0.4, -0.2) is 15.3 Å². The first-order valence-corrected chi connectivity index (χ1v) is 4.47. The molecule has 15 heavy (non-hydrogen) atoms. The van der Waals surface area contributed by atoms with Crippen LogP contribution in [0.3, 0.4) is 0 Å². The molecule has 5 nitrogen and oxygen atoms in total. The number of aromatic nitrogens is 2. The fourth-order valence-corrected chi connectivity index (χ4v) is 1.74. The third-order valence-electron chi connectivity index (χ3n) is 2.40. The van der Waals surface area contributed by atoms with Crippen LogP contribution in [-0.2, 0) is 4.79 Å². The molecule has 0 saturated carbocycles. The highest BCUT2D eigenvalue weighted by Crippen LogP contribution is 2.23. The Morgan fingerprint density at radius 2 is 2.07 bits per heavy atom. The summed E-state index contributed by atoms with van der Waals surface area (Å²) in [6.45, 7) is 0. The van der Waals surface area contributed by atoms with Crippen molar-refractivity contribution < 1.29 is 4.79 Å². The van der Waals surface area contributed by atoms with Gasteiger partial charge in [-0.3, -0.25) is 9.20 Å². The minimum absolute atomic E-state index is 0.188. The van der Waals surface area contributed by atoms with Gasteiger partial charge in [-0.25, -0.2) is 4.79 Å². The fraction of sp³-hybridized carbons (Fsp3) is 0. The molecule has 3 heterocycles. The van der Waals surface area contributed by atoms with Crippen molar-refractivity contribution in [1.29, 1.82) is 0 Å². The zero-order valence-corrected chi connectivity index (χ0v) is 7.65. The van der Waals surface area contributed by atoms with E-state index in [1.165, 1.54) is 10.5 Å². The molecular weight excluding hydrogens is 194 g/mol. The molecule has 74 valence electrons.